The second-order valence-electron chi connectivity index (χ2n) is 2.85. The number of aliphatic hydroxyl groups is 1. The van der Waals surface area contributed by atoms with E-state index in [2.05, 4.69) is 25.8 Å². The molecule has 0 aliphatic heterocycles. The van der Waals surface area contributed by atoms with Crippen molar-refractivity contribution in [2.45, 2.75) is 19.8 Å². The van der Waals surface area contributed by atoms with Crippen molar-refractivity contribution >= 4 is 17.1 Å². The first kappa shape index (κ1) is 8.34. The zero-order chi connectivity index (χ0) is 8.43. The van der Waals surface area contributed by atoms with E-state index < -0.39 is 0 Å². The second kappa shape index (κ2) is 3.09. The van der Waals surface area contributed by atoms with E-state index in [9.17, 15) is 0 Å². The maximum atomic E-state index is 9.03. The third-order valence-electron chi connectivity index (χ3n) is 1.57. The molecule has 0 saturated carbocycles. The van der Waals surface area contributed by atoms with Gasteiger partial charge in [0.2, 0.25) is 0 Å². The Morgan fingerprint density at radius 1 is 1.64 bits per heavy atom. The largest absolute Gasteiger partial charge is 0.507 e. The van der Waals surface area contributed by atoms with E-state index in [-0.39, 0.29) is 5.76 Å². The van der Waals surface area contributed by atoms with Crippen LogP contribution >= 0.6 is 11.3 Å². The van der Waals surface area contributed by atoms with Crippen LogP contribution in [0.1, 0.15) is 30.2 Å². The number of rotatable bonds is 2. The van der Waals surface area contributed by atoms with Gasteiger partial charge in [0.1, 0.15) is 5.76 Å². The molecule has 0 unspecified atom stereocenters. The number of hydrogen-bond acceptors (Lipinski definition) is 2. The molecule has 11 heavy (non-hydrogen) atoms. The third-order valence-corrected chi connectivity index (χ3v) is 2.57. The Labute approximate surface area is 71.0 Å². The monoisotopic (exact) mass is 168 g/mol. The summed E-state index contributed by atoms with van der Waals surface area (Å²) in [6.07, 6.45) is 0. The third kappa shape index (κ3) is 1.84. The fraction of sp³-hybridized carbons (Fsp3) is 0.333. The highest BCUT2D eigenvalue weighted by Gasteiger charge is 2.04. The molecule has 0 amide bonds. The van der Waals surface area contributed by atoms with E-state index in [1.807, 2.05) is 6.07 Å². The normalized spacial score (nSPS) is 10.5. The Kier molecular flexibility index (Phi) is 2.35. The SMILES string of the molecule is C=C(O)c1cc(C(C)C)cs1. The first-order valence-corrected chi connectivity index (χ1v) is 4.46. The summed E-state index contributed by atoms with van der Waals surface area (Å²) in [5, 5.41) is 11.1. The van der Waals surface area contributed by atoms with Gasteiger partial charge in [0.05, 0.1) is 4.88 Å². The van der Waals surface area contributed by atoms with Crippen molar-refractivity contribution in [3.8, 4) is 0 Å². The molecule has 1 N–H and O–H groups in total. The maximum Gasteiger partial charge on any atom is 0.125 e. The quantitative estimate of drug-likeness (QED) is 0.671. The van der Waals surface area contributed by atoms with Gasteiger partial charge in [0, 0.05) is 0 Å². The Hall–Kier alpha value is -0.760. The molecule has 0 bridgehead atoms. The van der Waals surface area contributed by atoms with Gasteiger partial charge in [-0.05, 0) is 22.9 Å². The fourth-order valence-corrected chi connectivity index (χ4v) is 1.75. The minimum Gasteiger partial charge on any atom is -0.507 e. The first-order chi connectivity index (χ1) is 5.11. The summed E-state index contributed by atoms with van der Waals surface area (Å²) in [6, 6.07) is 1.98. The summed E-state index contributed by atoms with van der Waals surface area (Å²) in [6.45, 7) is 7.73. The lowest BCUT2D eigenvalue weighted by Gasteiger charge is -1.97. The molecule has 60 valence electrons. The van der Waals surface area contributed by atoms with Crippen LogP contribution in [-0.2, 0) is 0 Å². The summed E-state index contributed by atoms with van der Waals surface area (Å²) in [7, 11) is 0. The Bertz CT molecular complexity index is 260. The molecule has 0 aromatic carbocycles. The molecule has 1 nitrogen and oxygen atoms in total. The molecule has 1 rings (SSSR count). The average molecular weight is 168 g/mol. The molecule has 0 spiro atoms. The molecule has 0 radical (unpaired) electrons. The van der Waals surface area contributed by atoms with Crippen LogP contribution in [-0.4, -0.2) is 5.11 Å². The summed E-state index contributed by atoms with van der Waals surface area (Å²) < 4.78 is 0. The van der Waals surface area contributed by atoms with Gasteiger partial charge in [-0.15, -0.1) is 11.3 Å². The minimum absolute atomic E-state index is 0.168. The highest BCUT2D eigenvalue weighted by Crippen LogP contribution is 2.25. The Morgan fingerprint density at radius 3 is 2.55 bits per heavy atom. The van der Waals surface area contributed by atoms with E-state index >= 15 is 0 Å². The molecule has 0 aliphatic rings. The van der Waals surface area contributed by atoms with Crippen LogP contribution in [0.25, 0.3) is 5.76 Å². The van der Waals surface area contributed by atoms with Gasteiger partial charge >= 0.3 is 0 Å². The number of aliphatic hydroxyl groups excluding tert-OH is 1. The topological polar surface area (TPSA) is 20.2 Å². The van der Waals surface area contributed by atoms with Crippen molar-refractivity contribution in [3.63, 3.8) is 0 Å². The van der Waals surface area contributed by atoms with Crippen LogP contribution in [0.2, 0.25) is 0 Å². The van der Waals surface area contributed by atoms with Gasteiger partial charge in [-0.3, -0.25) is 0 Å². The van der Waals surface area contributed by atoms with Crippen LogP contribution in [0.4, 0.5) is 0 Å². The lowest BCUT2D eigenvalue weighted by molar-refractivity contribution is 0.516. The molecule has 0 atom stereocenters. The number of thiophene rings is 1. The molecule has 0 aliphatic carbocycles. The van der Waals surface area contributed by atoms with Gasteiger partial charge in [-0.1, -0.05) is 20.4 Å². The molecule has 2 heteroatoms. The fourth-order valence-electron chi connectivity index (χ4n) is 0.805. The van der Waals surface area contributed by atoms with Crippen LogP contribution in [0.5, 0.6) is 0 Å². The van der Waals surface area contributed by atoms with Crippen molar-refractivity contribution < 1.29 is 5.11 Å². The molecule has 0 saturated heterocycles. The lowest BCUT2D eigenvalue weighted by Crippen LogP contribution is -1.81. The zero-order valence-corrected chi connectivity index (χ0v) is 7.61. The highest BCUT2D eigenvalue weighted by atomic mass is 32.1. The predicted octanol–water partition coefficient (Wildman–Crippen LogP) is 3.40. The summed E-state index contributed by atoms with van der Waals surface area (Å²) in [5.74, 6) is 0.696. The summed E-state index contributed by atoms with van der Waals surface area (Å²) >= 11 is 1.54. The predicted molar refractivity (Wildman–Crippen MR) is 50.1 cm³/mol. The van der Waals surface area contributed by atoms with E-state index in [0.717, 1.165) is 4.88 Å². The van der Waals surface area contributed by atoms with Crippen LogP contribution in [0.3, 0.4) is 0 Å². The summed E-state index contributed by atoms with van der Waals surface area (Å²) in [5.41, 5.74) is 1.26. The average Bonchev–Trinajstić information content (AvgIpc) is 2.33. The van der Waals surface area contributed by atoms with Crippen molar-refractivity contribution in [2.75, 3.05) is 0 Å². The highest BCUT2D eigenvalue weighted by molar-refractivity contribution is 7.11. The van der Waals surface area contributed by atoms with Crippen LogP contribution < -0.4 is 0 Å². The van der Waals surface area contributed by atoms with E-state index in [4.69, 9.17) is 5.11 Å². The van der Waals surface area contributed by atoms with Gasteiger partial charge in [-0.2, -0.15) is 0 Å². The Balaban J connectivity index is 2.90. The van der Waals surface area contributed by atoms with E-state index in [1.54, 1.807) is 0 Å². The molecular weight excluding hydrogens is 156 g/mol. The Morgan fingerprint density at radius 2 is 2.27 bits per heavy atom. The second-order valence-corrected chi connectivity index (χ2v) is 3.76. The van der Waals surface area contributed by atoms with Crippen molar-refractivity contribution in [2.24, 2.45) is 0 Å². The zero-order valence-electron chi connectivity index (χ0n) is 6.79. The molecule has 1 aromatic rings. The van der Waals surface area contributed by atoms with Crippen molar-refractivity contribution in [1.29, 1.82) is 0 Å². The van der Waals surface area contributed by atoms with E-state index in [1.165, 1.54) is 16.9 Å². The smallest absolute Gasteiger partial charge is 0.125 e. The van der Waals surface area contributed by atoms with Crippen LogP contribution in [0, 0.1) is 0 Å². The van der Waals surface area contributed by atoms with Crippen molar-refractivity contribution in [1.82, 2.24) is 0 Å². The first-order valence-electron chi connectivity index (χ1n) is 3.58. The molecule has 0 fully saturated rings. The molecule has 1 aromatic heterocycles. The minimum atomic E-state index is 0.168. The van der Waals surface area contributed by atoms with Gasteiger partial charge < -0.3 is 5.11 Å². The molecule has 1 heterocycles. The standard InChI is InChI=1S/C9H12OS/c1-6(2)8-4-9(7(3)10)11-5-8/h4-6,10H,3H2,1-2H3. The molecular formula is C9H12OS. The van der Waals surface area contributed by atoms with E-state index in [0.29, 0.717) is 5.92 Å². The summed E-state index contributed by atoms with van der Waals surface area (Å²) in [4.78, 5) is 0.869. The van der Waals surface area contributed by atoms with Gasteiger partial charge in [0.25, 0.3) is 0 Å². The van der Waals surface area contributed by atoms with Gasteiger partial charge in [0.15, 0.2) is 0 Å². The maximum absolute atomic E-state index is 9.03. The van der Waals surface area contributed by atoms with Crippen molar-refractivity contribution in [3.05, 3.63) is 28.5 Å². The lowest BCUT2D eigenvalue weighted by atomic mass is 10.1. The number of hydrogen-bond donors (Lipinski definition) is 1. The van der Waals surface area contributed by atoms with Crippen LogP contribution in [0.15, 0.2) is 18.0 Å². The van der Waals surface area contributed by atoms with Gasteiger partial charge in [-0.25, -0.2) is 0 Å².